The number of carbonyl (C=O) groups excluding carboxylic acids is 1. The number of hydrogen-bond acceptors (Lipinski definition) is 7. The number of aromatic carboxylic acids is 1. The van der Waals surface area contributed by atoms with Gasteiger partial charge in [-0.3, -0.25) is 4.79 Å². The molecule has 4 aromatic rings. The highest BCUT2D eigenvalue weighted by Crippen LogP contribution is 2.20. The standard InChI is InChI=1S/C24H21ClN6O3S/c25-18-6-9-22(31-15-27-29-30-31)17(12-18)5-10-23(32)28-20(13-21-2-1-11-35-21)14-26-19-7-3-16(4-8-19)24(33)34/h1-12,15,20,26H,13-14H2,(H,28,32)(H,33,34)/b10-5+. The monoisotopic (exact) mass is 508 g/mol. The fraction of sp³-hybridized carbons (Fsp3) is 0.125. The number of aromatic nitrogens is 4. The van der Waals surface area contributed by atoms with E-state index in [1.165, 1.54) is 29.2 Å². The van der Waals surface area contributed by atoms with Crippen molar-refractivity contribution in [1.82, 2.24) is 25.5 Å². The van der Waals surface area contributed by atoms with Crippen molar-refractivity contribution in [3.05, 3.63) is 93.4 Å². The second-order valence-electron chi connectivity index (χ2n) is 7.54. The molecule has 1 atom stereocenters. The Morgan fingerprint density at radius 2 is 2.00 bits per heavy atom. The molecule has 2 aromatic carbocycles. The quantitative estimate of drug-likeness (QED) is 0.277. The molecule has 1 unspecified atom stereocenters. The summed E-state index contributed by atoms with van der Waals surface area (Å²) >= 11 is 7.77. The Bertz CT molecular complexity index is 1310. The van der Waals surface area contributed by atoms with Crippen molar-refractivity contribution in [2.24, 2.45) is 0 Å². The number of hydrogen-bond donors (Lipinski definition) is 3. The molecule has 35 heavy (non-hydrogen) atoms. The Hall–Kier alpha value is -4.02. The van der Waals surface area contributed by atoms with Crippen molar-refractivity contribution in [1.29, 1.82) is 0 Å². The van der Waals surface area contributed by atoms with E-state index in [1.807, 2.05) is 17.5 Å². The second kappa shape index (κ2) is 11.4. The van der Waals surface area contributed by atoms with Crippen molar-refractivity contribution >= 4 is 46.6 Å². The number of amides is 1. The highest BCUT2D eigenvalue weighted by molar-refractivity contribution is 7.09. The van der Waals surface area contributed by atoms with Crippen LogP contribution in [-0.2, 0) is 11.2 Å². The molecule has 1 amide bonds. The maximum atomic E-state index is 12.8. The van der Waals surface area contributed by atoms with E-state index in [0.29, 0.717) is 29.2 Å². The molecule has 178 valence electrons. The first-order valence-corrected chi connectivity index (χ1v) is 11.8. The van der Waals surface area contributed by atoms with Crippen molar-refractivity contribution in [3.8, 4) is 5.69 Å². The van der Waals surface area contributed by atoms with Gasteiger partial charge in [-0.15, -0.1) is 16.4 Å². The second-order valence-corrected chi connectivity index (χ2v) is 9.01. The molecule has 9 nitrogen and oxygen atoms in total. The summed E-state index contributed by atoms with van der Waals surface area (Å²) in [7, 11) is 0. The smallest absolute Gasteiger partial charge is 0.335 e. The molecule has 0 aliphatic carbocycles. The van der Waals surface area contributed by atoms with Gasteiger partial charge < -0.3 is 15.7 Å². The van der Waals surface area contributed by atoms with Crippen LogP contribution in [0.2, 0.25) is 5.02 Å². The van der Waals surface area contributed by atoms with Crippen molar-refractivity contribution in [2.45, 2.75) is 12.5 Å². The summed E-state index contributed by atoms with van der Waals surface area (Å²) in [6, 6.07) is 15.5. The van der Waals surface area contributed by atoms with Gasteiger partial charge in [0.1, 0.15) is 6.33 Å². The van der Waals surface area contributed by atoms with E-state index < -0.39 is 5.97 Å². The van der Waals surface area contributed by atoms with E-state index in [-0.39, 0.29) is 17.5 Å². The number of nitrogens with zero attached hydrogens (tertiary/aromatic N) is 4. The highest BCUT2D eigenvalue weighted by atomic mass is 35.5. The average Bonchev–Trinajstić information content (AvgIpc) is 3.56. The van der Waals surface area contributed by atoms with Gasteiger partial charge in [0.05, 0.1) is 17.3 Å². The van der Waals surface area contributed by atoms with Crippen LogP contribution in [0.25, 0.3) is 11.8 Å². The van der Waals surface area contributed by atoms with E-state index >= 15 is 0 Å². The summed E-state index contributed by atoms with van der Waals surface area (Å²) in [5.41, 5.74) is 2.35. The molecule has 0 aliphatic heterocycles. The Balaban J connectivity index is 1.45. The fourth-order valence-electron chi connectivity index (χ4n) is 3.37. The number of tetrazole rings is 1. The maximum absolute atomic E-state index is 12.8. The molecule has 3 N–H and O–H groups in total. The largest absolute Gasteiger partial charge is 0.478 e. The number of thiophene rings is 1. The first-order chi connectivity index (χ1) is 17.0. The minimum absolute atomic E-state index is 0.205. The number of halogens is 1. The van der Waals surface area contributed by atoms with Crippen LogP contribution in [0.3, 0.4) is 0 Å². The number of rotatable bonds is 10. The van der Waals surface area contributed by atoms with E-state index in [1.54, 1.807) is 47.7 Å². The molecule has 2 aromatic heterocycles. The predicted molar refractivity (Wildman–Crippen MR) is 135 cm³/mol. The van der Waals surface area contributed by atoms with Crippen LogP contribution in [0.5, 0.6) is 0 Å². The first kappa shape index (κ1) is 24.1. The lowest BCUT2D eigenvalue weighted by Crippen LogP contribution is -2.40. The third kappa shape index (κ3) is 6.75. The lowest BCUT2D eigenvalue weighted by atomic mass is 10.1. The van der Waals surface area contributed by atoms with Gasteiger partial charge >= 0.3 is 5.97 Å². The molecule has 0 aliphatic rings. The molecule has 0 bridgehead atoms. The molecule has 0 spiro atoms. The average molecular weight is 509 g/mol. The molecule has 2 heterocycles. The van der Waals surface area contributed by atoms with Gasteiger partial charge in [0.2, 0.25) is 5.91 Å². The Morgan fingerprint density at radius 3 is 2.69 bits per heavy atom. The lowest BCUT2D eigenvalue weighted by molar-refractivity contribution is -0.117. The number of benzene rings is 2. The van der Waals surface area contributed by atoms with Crippen LogP contribution >= 0.6 is 22.9 Å². The summed E-state index contributed by atoms with van der Waals surface area (Å²) < 4.78 is 1.49. The van der Waals surface area contributed by atoms with Crippen LogP contribution in [0.4, 0.5) is 5.69 Å². The molecule has 4 rings (SSSR count). The Morgan fingerprint density at radius 1 is 1.17 bits per heavy atom. The molecular formula is C24H21ClN6O3S. The summed E-state index contributed by atoms with van der Waals surface area (Å²) in [5.74, 6) is -1.24. The summed E-state index contributed by atoms with van der Waals surface area (Å²) in [6.45, 7) is 0.455. The summed E-state index contributed by atoms with van der Waals surface area (Å²) in [5, 5.41) is 29.1. The molecular weight excluding hydrogens is 488 g/mol. The Kier molecular flexibility index (Phi) is 7.86. The third-order valence-corrected chi connectivity index (χ3v) is 6.19. The zero-order valence-electron chi connectivity index (χ0n) is 18.3. The molecule has 0 fully saturated rings. The van der Waals surface area contributed by atoms with Gasteiger partial charge in [-0.2, -0.15) is 4.68 Å². The van der Waals surface area contributed by atoms with Gasteiger partial charge in [0, 0.05) is 40.2 Å². The molecule has 0 saturated carbocycles. The summed E-state index contributed by atoms with van der Waals surface area (Å²) in [4.78, 5) is 25.0. The van der Waals surface area contributed by atoms with Crippen LogP contribution < -0.4 is 10.6 Å². The van der Waals surface area contributed by atoms with Gasteiger partial charge in [0.25, 0.3) is 0 Å². The van der Waals surface area contributed by atoms with Crippen molar-refractivity contribution < 1.29 is 14.7 Å². The third-order valence-electron chi connectivity index (χ3n) is 5.06. The molecule has 0 radical (unpaired) electrons. The van der Waals surface area contributed by atoms with E-state index in [4.69, 9.17) is 16.7 Å². The number of carboxylic acid groups (broad SMARTS) is 1. The van der Waals surface area contributed by atoms with Crippen LogP contribution in [0.1, 0.15) is 20.8 Å². The Labute approximate surface area is 210 Å². The predicted octanol–water partition coefficient (Wildman–Crippen LogP) is 3.93. The SMILES string of the molecule is O=C(/C=C/c1cc(Cl)ccc1-n1cnnn1)NC(CNc1ccc(C(=O)O)cc1)Cc1cccs1. The van der Waals surface area contributed by atoms with Gasteiger partial charge in [-0.25, -0.2) is 4.79 Å². The van der Waals surface area contributed by atoms with Crippen molar-refractivity contribution in [3.63, 3.8) is 0 Å². The van der Waals surface area contributed by atoms with Gasteiger partial charge in [0.15, 0.2) is 0 Å². The fourth-order valence-corrected chi connectivity index (χ4v) is 4.34. The van der Waals surface area contributed by atoms with Crippen LogP contribution in [0, 0.1) is 0 Å². The van der Waals surface area contributed by atoms with Crippen LogP contribution in [0.15, 0.2) is 72.4 Å². The van der Waals surface area contributed by atoms with Crippen LogP contribution in [-0.4, -0.2) is 49.8 Å². The number of anilines is 1. The number of nitrogens with one attached hydrogen (secondary N) is 2. The van der Waals surface area contributed by atoms with E-state index in [2.05, 4.69) is 26.2 Å². The van der Waals surface area contributed by atoms with E-state index in [9.17, 15) is 9.59 Å². The van der Waals surface area contributed by atoms with Crippen molar-refractivity contribution in [2.75, 3.05) is 11.9 Å². The number of carbonyl (C=O) groups is 2. The van der Waals surface area contributed by atoms with Gasteiger partial charge in [-0.1, -0.05) is 17.7 Å². The minimum Gasteiger partial charge on any atom is -0.478 e. The maximum Gasteiger partial charge on any atom is 0.335 e. The molecule has 0 saturated heterocycles. The zero-order chi connectivity index (χ0) is 24.6. The summed E-state index contributed by atoms with van der Waals surface area (Å²) in [6.07, 6.45) is 5.22. The van der Waals surface area contributed by atoms with Gasteiger partial charge in [-0.05, 0) is 70.4 Å². The minimum atomic E-state index is -0.978. The zero-order valence-corrected chi connectivity index (χ0v) is 19.9. The first-order valence-electron chi connectivity index (χ1n) is 10.6. The number of carboxylic acids is 1. The highest BCUT2D eigenvalue weighted by Gasteiger charge is 2.13. The van der Waals surface area contributed by atoms with E-state index in [0.717, 1.165) is 10.6 Å². The molecule has 11 heteroatoms. The lowest BCUT2D eigenvalue weighted by Gasteiger charge is -2.19. The topological polar surface area (TPSA) is 122 Å². The normalized spacial score (nSPS) is 11.9.